The molecule has 32 heavy (non-hydrogen) atoms. The molecule has 0 radical (unpaired) electrons. The molecule has 12 heteroatoms. The van der Waals surface area contributed by atoms with E-state index in [1.54, 1.807) is 41.1 Å². The van der Waals surface area contributed by atoms with Crippen molar-refractivity contribution >= 4 is 28.7 Å². The monoisotopic (exact) mass is 447 g/mol. The Morgan fingerprint density at radius 3 is 2.34 bits per heavy atom. The second-order valence-electron chi connectivity index (χ2n) is 7.47. The number of rotatable bonds is 4. The first-order valence-corrected chi connectivity index (χ1v) is 9.86. The number of aromatic nitrogens is 4. The van der Waals surface area contributed by atoms with Crippen LogP contribution in [0.15, 0.2) is 36.8 Å². The molecule has 3 heterocycles. The van der Waals surface area contributed by atoms with Gasteiger partial charge in [-0.3, -0.25) is 14.3 Å². The summed E-state index contributed by atoms with van der Waals surface area (Å²) in [5.41, 5.74) is 5.21. The van der Waals surface area contributed by atoms with Crippen molar-refractivity contribution < 1.29 is 22.8 Å². The van der Waals surface area contributed by atoms with Gasteiger partial charge in [-0.15, -0.1) is 0 Å². The SMILES string of the molecule is CC(C(=O)N1CCN(c2ncc(C(F)(F)F)cn2)CC1)n1cc2cccc(C(N)=O)c2n1. The number of primary amides is 1. The van der Waals surface area contributed by atoms with Gasteiger partial charge >= 0.3 is 6.18 Å². The highest BCUT2D eigenvalue weighted by Gasteiger charge is 2.32. The Bertz CT molecular complexity index is 1150. The van der Waals surface area contributed by atoms with Gasteiger partial charge in [-0.1, -0.05) is 12.1 Å². The van der Waals surface area contributed by atoms with E-state index in [9.17, 15) is 22.8 Å². The number of nitrogens with zero attached hydrogens (tertiary/aromatic N) is 6. The van der Waals surface area contributed by atoms with Crippen LogP contribution in [0, 0.1) is 0 Å². The zero-order valence-corrected chi connectivity index (χ0v) is 17.1. The number of carbonyl (C=O) groups excluding carboxylic acids is 2. The summed E-state index contributed by atoms with van der Waals surface area (Å²) in [6.45, 7) is 3.21. The van der Waals surface area contributed by atoms with E-state index in [-0.39, 0.29) is 17.4 Å². The molecule has 1 fully saturated rings. The van der Waals surface area contributed by atoms with Crippen molar-refractivity contribution in [1.29, 1.82) is 0 Å². The summed E-state index contributed by atoms with van der Waals surface area (Å²) in [6.07, 6.45) is -1.29. The third-order valence-corrected chi connectivity index (χ3v) is 5.41. The summed E-state index contributed by atoms with van der Waals surface area (Å²) in [5, 5.41) is 5.09. The molecule has 4 rings (SSSR count). The van der Waals surface area contributed by atoms with Crippen LogP contribution in [-0.4, -0.2) is 62.6 Å². The third-order valence-electron chi connectivity index (χ3n) is 5.41. The fraction of sp³-hybridized carbons (Fsp3) is 0.350. The highest BCUT2D eigenvalue weighted by atomic mass is 19.4. The van der Waals surface area contributed by atoms with Crippen LogP contribution in [0.4, 0.5) is 19.1 Å². The average molecular weight is 447 g/mol. The van der Waals surface area contributed by atoms with Gasteiger partial charge in [0.15, 0.2) is 0 Å². The molecule has 1 aliphatic rings. The summed E-state index contributed by atoms with van der Waals surface area (Å²) in [4.78, 5) is 35.6. The number of hydrogen-bond donors (Lipinski definition) is 1. The molecule has 1 aliphatic heterocycles. The minimum absolute atomic E-state index is 0.161. The Hall–Kier alpha value is -3.70. The largest absolute Gasteiger partial charge is 0.419 e. The van der Waals surface area contributed by atoms with Crippen LogP contribution in [0.1, 0.15) is 28.9 Å². The van der Waals surface area contributed by atoms with E-state index in [2.05, 4.69) is 15.1 Å². The second-order valence-corrected chi connectivity index (χ2v) is 7.47. The molecule has 2 aromatic heterocycles. The molecule has 1 unspecified atom stereocenters. The number of piperazine rings is 1. The standard InChI is InChI=1S/C20H20F3N7O2/c1-12(30-11-13-3-2-4-15(17(24)31)16(13)27-30)18(32)28-5-7-29(8-6-28)19-25-9-14(10-26-19)20(21,22)23/h2-4,9-12H,5-8H2,1H3,(H2,24,31). The zero-order valence-electron chi connectivity index (χ0n) is 17.1. The lowest BCUT2D eigenvalue weighted by Crippen LogP contribution is -2.50. The van der Waals surface area contributed by atoms with Crippen LogP contribution in [0.2, 0.25) is 0 Å². The van der Waals surface area contributed by atoms with E-state index in [1.807, 2.05) is 0 Å². The van der Waals surface area contributed by atoms with E-state index < -0.39 is 23.7 Å². The number of anilines is 1. The minimum atomic E-state index is -4.49. The summed E-state index contributed by atoms with van der Waals surface area (Å²) in [6, 6.07) is 4.45. The van der Waals surface area contributed by atoms with Crippen LogP contribution >= 0.6 is 0 Å². The molecule has 0 saturated carbocycles. The summed E-state index contributed by atoms with van der Waals surface area (Å²) < 4.78 is 39.5. The Morgan fingerprint density at radius 2 is 1.75 bits per heavy atom. The molecule has 2 amide bonds. The van der Waals surface area contributed by atoms with Crippen molar-refractivity contribution in [2.24, 2.45) is 5.73 Å². The van der Waals surface area contributed by atoms with Crippen molar-refractivity contribution in [2.75, 3.05) is 31.1 Å². The van der Waals surface area contributed by atoms with E-state index in [1.165, 1.54) is 4.68 Å². The maximum atomic E-state index is 13.0. The fourth-order valence-electron chi connectivity index (χ4n) is 3.60. The molecule has 2 N–H and O–H groups in total. The summed E-state index contributed by atoms with van der Waals surface area (Å²) >= 11 is 0. The van der Waals surface area contributed by atoms with Crippen molar-refractivity contribution in [2.45, 2.75) is 19.1 Å². The third kappa shape index (κ3) is 4.07. The minimum Gasteiger partial charge on any atom is -0.366 e. The Balaban J connectivity index is 1.42. The number of amides is 2. The molecule has 1 saturated heterocycles. The fourth-order valence-corrected chi connectivity index (χ4v) is 3.60. The molecular weight excluding hydrogens is 427 g/mol. The van der Waals surface area contributed by atoms with Crippen LogP contribution in [0.5, 0.6) is 0 Å². The highest BCUT2D eigenvalue weighted by Crippen LogP contribution is 2.28. The molecule has 3 aromatic rings. The molecule has 1 atom stereocenters. The van der Waals surface area contributed by atoms with Crippen LogP contribution in [-0.2, 0) is 11.0 Å². The number of benzene rings is 1. The lowest BCUT2D eigenvalue weighted by atomic mass is 10.1. The lowest BCUT2D eigenvalue weighted by molar-refractivity contribution is -0.138. The Morgan fingerprint density at radius 1 is 1.09 bits per heavy atom. The van der Waals surface area contributed by atoms with Gasteiger partial charge < -0.3 is 15.5 Å². The van der Waals surface area contributed by atoms with E-state index in [0.717, 1.165) is 12.4 Å². The Kier molecular flexibility index (Phi) is 5.45. The topological polar surface area (TPSA) is 110 Å². The predicted molar refractivity (Wildman–Crippen MR) is 109 cm³/mol. The van der Waals surface area contributed by atoms with Gasteiger partial charge in [0.05, 0.1) is 11.1 Å². The maximum absolute atomic E-state index is 13.0. The van der Waals surface area contributed by atoms with Crippen LogP contribution in [0.25, 0.3) is 10.9 Å². The van der Waals surface area contributed by atoms with Gasteiger partial charge in [-0.25, -0.2) is 9.97 Å². The van der Waals surface area contributed by atoms with Gasteiger partial charge in [0.25, 0.3) is 5.91 Å². The van der Waals surface area contributed by atoms with Crippen LogP contribution < -0.4 is 10.6 Å². The molecular formula is C20H20F3N7O2. The van der Waals surface area contributed by atoms with Crippen molar-refractivity contribution in [3.05, 3.63) is 47.9 Å². The van der Waals surface area contributed by atoms with Crippen LogP contribution in [0.3, 0.4) is 0 Å². The van der Waals surface area contributed by atoms with Crippen molar-refractivity contribution in [1.82, 2.24) is 24.6 Å². The smallest absolute Gasteiger partial charge is 0.366 e. The molecule has 1 aromatic carbocycles. The van der Waals surface area contributed by atoms with Gasteiger partial charge in [-0.2, -0.15) is 18.3 Å². The molecule has 168 valence electrons. The number of halogens is 3. The summed E-state index contributed by atoms with van der Waals surface area (Å²) in [7, 11) is 0. The van der Waals surface area contributed by atoms with E-state index >= 15 is 0 Å². The molecule has 9 nitrogen and oxygen atoms in total. The quantitative estimate of drug-likeness (QED) is 0.654. The number of fused-ring (bicyclic) bond motifs is 1. The van der Waals surface area contributed by atoms with Gasteiger partial charge in [0.1, 0.15) is 11.6 Å². The average Bonchev–Trinajstić information content (AvgIpc) is 3.22. The number of alkyl halides is 3. The maximum Gasteiger partial charge on any atom is 0.419 e. The molecule has 0 aliphatic carbocycles. The van der Waals surface area contributed by atoms with Gasteiger partial charge in [0, 0.05) is 50.2 Å². The highest BCUT2D eigenvalue weighted by molar-refractivity contribution is 6.04. The first-order valence-electron chi connectivity index (χ1n) is 9.86. The second kappa shape index (κ2) is 8.09. The van der Waals surface area contributed by atoms with E-state index in [4.69, 9.17) is 5.73 Å². The van der Waals surface area contributed by atoms with Gasteiger partial charge in [-0.05, 0) is 13.0 Å². The number of nitrogens with two attached hydrogens (primary N) is 1. The first kappa shape index (κ1) is 21.5. The van der Waals surface area contributed by atoms with Gasteiger partial charge in [0.2, 0.25) is 11.9 Å². The first-order chi connectivity index (χ1) is 15.1. The summed E-state index contributed by atoms with van der Waals surface area (Å²) in [5.74, 6) is -0.566. The zero-order chi connectivity index (χ0) is 23.0. The van der Waals surface area contributed by atoms with Crippen molar-refractivity contribution in [3.63, 3.8) is 0 Å². The van der Waals surface area contributed by atoms with Crippen molar-refractivity contribution in [3.8, 4) is 0 Å². The predicted octanol–water partition coefficient (Wildman–Crippen LogP) is 1.85. The lowest BCUT2D eigenvalue weighted by Gasteiger charge is -2.35. The molecule has 0 bridgehead atoms. The normalized spacial score (nSPS) is 15.8. The molecule has 0 spiro atoms. The number of hydrogen-bond acceptors (Lipinski definition) is 6. The van der Waals surface area contributed by atoms with E-state index in [0.29, 0.717) is 37.1 Å². The Labute approximate surface area is 180 Å². The number of carbonyl (C=O) groups is 2.